The lowest BCUT2D eigenvalue weighted by atomic mass is 9.88. The maximum absolute atomic E-state index is 12.3. The van der Waals surface area contributed by atoms with Gasteiger partial charge in [-0.15, -0.1) is 0 Å². The van der Waals surface area contributed by atoms with Crippen LogP contribution in [0.5, 0.6) is 11.5 Å². The summed E-state index contributed by atoms with van der Waals surface area (Å²) in [6.07, 6.45) is 1.39. The van der Waals surface area contributed by atoms with Crippen LogP contribution >= 0.6 is 12.2 Å². The second kappa shape index (κ2) is 12.4. The lowest BCUT2D eigenvalue weighted by Crippen LogP contribution is -2.51. The lowest BCUT2D eigenvalue weighted by molar-refractivity contribution is -0.0524. The van der Waals surface area contributed by atoms with Gasteiger partial charge >= 0.3 is 6.09 Å². The van der Waals surface area contributed by atoms with Gasteiger partial charge in [-0.25, -0.2) is 4.79 Å². The van der Waals surface area contributed by atoms with Crippen LogP contribution in [0.2, 0.25) is 0 Å². The molecule has 1 aromatic carbocycles. The number of benzene rings is 1. The van der Waals surface area contributed by atoms with E-state index in [-0.39, 0.29) is 6.54 Å². The standard InChI is InChI=1S/C24H35N5O6S/c1-31-19-4-3-18(15-20(19)32-2)17-26-23(30)34-21-16-24(35-27-21)5-8-29(9-6-24)22(36)25-7-10-28-11-13-33-14-12-28/h3-4,15H,5-14,16-17H2,1-2H3,(H,25,36)(H,26,30). The van der Waals surface area contributed by atoms with Crippen LogP contribution in [0.15, 0.2) is 23.4 Å². The Kier molecular flexibility index (Phi) is 9.05. The van der Waals surface area contributed by atoms with Crippen molar-refractivity contribution in [1.82, 2.24) is 20.4 Å². The fourth-order valence-corrected chi connectivity index (χ4v) is 4.78. The van der Waals surface area contributed by atoms with Gasteiger partial charge in [0.05, 0.1) is 33.9 Å². The van der Waals surface area contributed by atoms with Gasteiger partial charge in [-0.3, -0.25) is 4.90 Å². The highest BCUT2D eigenvalue weighted by molar-refractivity contribution is 7.80. The molecular weight excluding hydrogens is 486 g/mol. The fraction of sp³-hybridized carbons (Fsp3) is 0.625. The van der Waals surface area contributed by atoms with Gasteiger partial charge in [0.15, 0.2) is 16.6 Å². The van der Waals surface area contributed by atoms with Gasteiger partial charge in [0.2, 0.25) is 5.90 Å². The molecule has 12 heteroatoms. The number of oxime groups is 1. The Morgan fingerprint density at radius 2 is 1.86 bits per heavy atom. The first-order valence-electron chi connectivity index (χ1n) is 12.2. The number of amides is 1. The number of morpholine rings is 1. The molecule has 1 spiro atoms. The summed E-state index contributed by atoms with van der Waals surface area (Å²) in [6.45, 7) is 7.10. The van der Waals surface area contributed by atoms with Crippen molar-refractivity contribution in [3.8, 4) is 11.5 Å². The summed E-state index contributed by atoms with van der Waals surface area (Å²) in [5.74, 6) is 1.51. The average Bonchev–Trinajstić information content (AvgIpc) is 3.29. The van der Waals surface area contributed by atoms with Crippen LogP contribution in [0.25, 0.3) is 0 Å². The van der Waals surface area contributed by atoms with E-state index in [0.29, 0.717) is 23.8 Å². The maximum atomic E-state index is 12.3. The molecule has 2 N–H and O–H groups in total. The molecule has 11 nitrogen and oxygen atoms in total. The number of nitrogens with one attached hydrogen (secondary N) is 2. The minimum atomic E-state index is -0.577. The highest BCUT2D eigenvalue weighted by atomic mass is 32.1. The molecule has 4 rings (SSSR count). The van der Waals surface area contributed by atoms with E-state index in [0.717, 1.165) is 76.0 Å². The van der Waals surface area contributed by atoms with E-state index >= 15 is 0 Å². The third kappa shape index (κ3) is 6.89. The molecule has 198 valence electrons. The first kappa shape index (κ1) is 26.2. The molecule has 0 unspecified atom stereocenters. The van der Waals surface area contributed by atoms with Crippen molar-refractivity contribution >= 4 is 29.3 Å². The number of carbonyl (C=O) groups is 1. The predicted molar refractivity (Wildman–Crippen MR) is 137 cm³/mol. The molecule has 3 aliphatic rings. The number of thiocarbonyl (C=S) groups is 1. The Balaban J connectivity index is 1.15. The summed E-state index contributed by atoms with van der Waals surface area (Å²) < 4.78 is 21.3. The molecule has 3 aliphatic heterocycles. The SMILES string of the molecule is COc1ccc(CNC(=O)OC2=NOC3(CCN(C(=S)NCCN4CCOCC4)CC3)C2)cc1OC. The van der Waals surface area contributed by atoms with Gasteiger partial charge in [-0.2, -0.15) is 0 Å². The van der Waals surface area contributed by atoms with Gasteiger partial charge in [-0.05, 0) is 29.9 Å². The first-order valence-corrected chi connectivity index (χ1v) is 12.7. The Morgan fingerprint density at radius 3 is 2.58 bits per heavy atom. The maximum Gasteiger partial charge on any atom is 0.414 e. The van der Waals surface area contributed by atoms with Crippen LogP contribution in [0.3, 0.4) is 0 Å². The van der Waals surface area contributed by atoms with Crippen molar-refractivity contribution in [1.29, 1.82) is 0 Å². The van der Waals surface area contributed by atoms with Crippen molar-refractivity contribution < 1.29 is 28.6 Å². The minimum Gasteiger partial charge on any atom is -0.493 e. The Morgan fingerprint density at radius 1 is 1.11 bits per heavy atom. The van der Waals surface area contributed by atoms with Gasteiger partial charge in [0.25, 0.3) is 0 Å². The average molecular weight is 522 g/mol. The third-order valence-corrected chi connectivity index (χ3v) is 7.08. The van der Waals surface area contributed by atoms with Crippen molar-refractivity contribution in [2.75, 3.05) is 66.7 Å². The normalized spacial score (nSPS) is 19.3. The molecule has 0 aromatic heterocycles. The molecular formula is C24H35N5O6S. The van der Waals surface area contributed by atoms with Crippen LogP contribution in [0.1, 0.15) is 24.8 Å². The monoisotopic (exact) mass is 521 g/mol. The van der Waals surface area contributed by atoms with E-state index in [2.05, 4.69) is 25.6 Å². The Labute approximate surface area is 217 Å². The van der Waals surface area contributed by atoms with E-state index in [1.807, 2.05) is 6.07 Å². The van der Waals surface area contributed by atoms with Gasteiger partial charge in [0, 0.05) is 58.7 Å². The number of alkyl carbamates (subject to hydrolysis) is 1. The van der Waals surface area contributed by atoms with E-state index in [4.69, 9.17) is 36.0 Å². The molecule has 1 aromatic rings. The molecule has 36 heavy (non-hydrogen) atoms. The molecule has 0 saturated carbocycles. The van der Waals surface area contributed by atoms with E-state index in [9.17, 15) is 4.79 Å². The zero-order valence-electron chi connectivity index (χ0n) is 20.9. The topological polar surface area (TPSA) is 106 Å². The van der Waals surface area contributed by atoms with Crippen LogP contribution in [-0.4, -0.2) is 99.2 Å². The number of ether oxygens (including phenoxy) is 4. The quantitative estimate of drug-likeness (QED) is 0.515. The van der Waals surface area contributed by atoms with E-state index in [1.54, 1.807) is 26.4 Å². The van der Waals surface area contributed by atoms with Gasteiger partial charge in [-0.1, -0.05) is 11.2 Å². The van der Waals surface area contributed by atoms with Crippen LogP contribution in [0.4, 0.5) is 4.79 Å². The molecule has 2 saturated heterocycles. The summed E-state index contributed by atoms with van der Waals surface area (Å²) in [5, 5.41) is 10.9. The highest BCUT2D eigenvalue weighted by Crippen LogP contribution is 2.35. The van der Waals surface area contributed by atoms with Crippen molar-refractivity contribution in [3.63, 3.8) is 0 Å². The number of nitrogens with zero attached hydrogens (tertiary/aromatic N) is 3. The number of hydrogen-bond acceptors (Lipinski definition) is 9. The second-order valence-corrected chi connectivity index (χ2v) is 9.43. The predicted octanol–water partition coefficient (Wildman–Crippen LogP) is 1.71. The van der Waals surface area contributed by atoms with Crippen molar-refractivity contribution in [2.24, 2.45) is 5.16 Å². The number of carbonyl (C=O) groups excluding carboxylic acids is 1. The van der Waals surface area contributed by atoms with Crippen LogP contribution < -0.4 is 20.1 Å². The minimum absolute atomic E-state index is 0.281. The molecule has 2 fully saturated rings. The van der Waals surface area contributed by atoms with Gasteiger partial charge < -0.3 is 39.3 Å². The zero-order chi connectivity index (χ0) is 25.4. The van der Waals surface area contributed by atoms with E-state index in [1.165, 1.54) is 0 Å². The molecule has 1 amide bonds. The molecule has 0 aliphatic carbocycles. The zero-order valence-corrected chi connectivity index (χ0v) is 21.7. The summed E-state index contributed by atoms with van der Waals surface area (Å²) in [6, 6.07) is 5.44. The third-order valence-electron chi connectivity index (χ3n) is 6.68. The Hall–Kier alpha value is -2.83. The molecule has 0 atom stereocenters. The van der Waals surface area contributed by atoms with Crippen LogP contribution in [0, 0.1) is 0 Å². The summed E-state index contributed by atoms with van der Waals surface area (Å²) in [4.78, 5) is 22.6. The number of hydrogen-bond donors (Lipinski definition) is 2. The highest BCUT2D eigenvalue weighted by Gasteiger charge is 2.43. The number of rotatable bonds is 7. The largest absolute Gasteiger partial charge is 0.493 e. The number of methoxy groups -OCH3 is 2. The van der Waals surface area contributed by atoms with Crippen LogP contribution in [-0.2, 0) is 20.9 Å². The molecule has 3 heterocycles. The lowest BCUT2D eigenvalue weighted by Gasteiger charge is -2.38. The molecule has 0 radical (unpaired) electrons. The fourth-order valence-electron chi connectivity index (χ4n) is 4.49. The number of likely N-dealkylation sites (tertiary alicyclic amines) is 1. The smallest absolute Gasteiger partial charge is 0.414 e. The van der Waals surface area contributed by atoms with Crippen molar-refractivity contribution in [3.05, 3.63) is 23.8 Å². The van der Waals surface area contributed by atoms with Gasteiger partial charge in [0.1, 0.15) is 5.60 Å². The summed E-state index contributed by atoms with van der Waals surface area (Å²) >= 11 is 5.59. The number of piperidine rings is 1. The second-order valence-electron chi connectivity index (χ2n) is 9.04. The van der Waals surface area contributed by atoms with Crippen molar-refractivity contribution in [2.45, 2.75) is 31.4 Å². The summed E-state index contributed by atoms with van der Waals surface area (Å²) in [5.41, 5.74) is 0.409. The van der Waals surface area contributed by atoms with E-state index < -0.39 is 11.7 Å². The first-order chi connectivity index (χ1) is 17.5. The molecule has 0 bridgehead atoms. The summed E-state index contributed by atoms with van der Waals surface area (Å²) in [7, 11) is 3.14. The Bertz CT molecular complexity index is 947.